The van der Waals surface area contributed by atoms with Crippen LogP contribution in [0.25, 0.3) is 0 Å². The van der Waals surface area contributed by atoms with E-state index < -0.39 is 17.6 Å². The van der Waals surface area contributed by atoms with Crippen molar-refractivity contribution in [3.8, 4) is 0 Å². The van der Waals surface area contributed by atoms with Gasteiger partial charge in [0.25, 0.3) is 0 Å². The van der Waals surface area contributed by atoms with Gasteiger partial charge in [-0.1, -0.05) is 12.2 Å². The van der Waals surface area contributed by atoms with E-state index in [-0.39, 0.29) is 13.0 Å². The van der Waals surface area contributed by atoms with Crippen LogP contribution in [0.2, 0.25) is 0 Å². The molecular formula is C13H15F2NO2. The van der Waals surface area contributed by atoms with Crippen LogP contribution in [-0.4, -0.2) is 24.2 Å². The number of aliphatic carboxylic acids is 1. The van der Waals surface area contributed by atoms with Gasteiger partial charge in [0.1, 0.15) is 0 Å². The van der Waals surface area contributed by atoms with Crippen molar-refractivity contribution < 1.29 is 18.7 Å². The van der Waals surface area contributed by atoms with Crippen molar-refractivity contribution in [3.63, 3.8) is 0 Å². The molecule has 0 amide bonds. The smallest absolute Gasteiger partial charge is 0.305 e. The number of hydrogen-bond donors (Lipinski definition) is 1. The van der Waals surface area contributed by atoms with Gasteiger partial charge >= 0.3 is 5.97 Å². The molecule has 18 heavy (non-hydrogen) atoms. The van der Waals surface area contributed by atoms with Gasteiger partial charge in [-0.15, -0.1) is 0 Å². The zero-order valence-corrected chi connectivity index (χ0v) is 10.1. The van der Waals surface area contributed by atoms with E-state index in [1.54, 1.807) is 11.8 Å². The fourth-order valence-corrected chi connectivity index (χ4v) is 1.54. The quantitative estimate of drug-likeness (QED) is 0.795. The lowest BCUT2D eigenvalue weighted by molar-refractivity contribution is -0.136. The number of carboxylic acid groups (broad SMARTS) is 1. The van der Waals surface area contributed by atoms with Crippen LogP contribution in [-0.2, 0) is 4.79 Å². The predicted octanol–water partition coefficient (Wildman–Crippen LogP) is 2.82. The lowest BCUT2D eigenvalue weighted by Crippen LogP contribution is -2.27. The van der Waals surface area contributed by atoms with Crippen LogP contribution >= 0.6 is 0 Å². The summed E-state index contributed by atoms with van der Waals surface area (Å²) in [6.07, 6.45) is -0.0771. The first-order valence-corrected chi connectivity index (χ1v) is 5.46. The second-order valence-electron chi connectivity index (χ2n) is 4.12. The Morgan fingerprint density at radius 1 is 1.39 bits per heavy atom. The van der Waals surface area contributed by atoms with Gasteiger partial charge in [-0.05, 0) is 19.1 Å². The maximum absolute atomic E-state index is 13.1. The third-order valence-electron chi connectivity index (χ3n) is 2.32. The predicted molar refractivity (Wildman–Crippen MR) is 65.6 cm³/mol. The maximum atomic E-state index is 13.1. The van der Waals surface area contributed by atoms with Crippen molar-refractivity contribution in [2.24, 2.45) is 0 Å². The zero-order chi connectivity index (χ0) is 13.7. The molecule has 98 valence electrons. The standard InChI is InChI=1S/C13H15F2NO2/c1-9(2)8-16(6-5-13(17)18)10-3-4-11(14)12(15)7-10/h3-4,7H,1,5-6,8H2,2H3,(H,17,18). The number of benzene rings is 1. The lowest BCUT2D eigenvalue weighted by atomic mass is 10.2. The molecule has 0 aliphatic rings. The molecular weight excluding hydrogens is 240 g/mol. The average Bonchev–Trinajstić information content (AvgIpc) is 2.27. The van der Waals surface area contributed by atoms with Gasteiger partial charge in [0.15, 0.2) is 11.6 Å². The molecule has 0 aromatic heterocycles. The maximum Gasteiger partial charge on any atom is 0.305 e. The van der Waals surface area contributed by atoms with Gasteiger partial charge in [0.05, 0.1) is 6.42 Å². The molecule has 1 N–H and O–H groups in total. The van der Waals surface area contributed by atoms with Crippen molar-refractivity contribution in [1.29, 1.82) is 0 Å². The Balaban J connectivity index is 2.89. The summed E-state index contributed by atoms with van der Waals surface area (Å²) in [7, 11) is 0. The largest absolute Gasteiger partial charge is 0.481 e. The van der Waals surface area contributed by atoms with Crippen molar-refractivity contribution in [1.82, 2.24) is 0 Å². The summed E-state index contributed by atoms with van der Waals surface area (Å²) in [6.45, 7) is 6.13. The van der Waals surface area contributed by atoms with Crippen LogP contribution in [0.3, 0.4) is 0 Å². The van der Waals surface area contributed by atoms with Gasteiger partial charge < -0.3 is 10.0 Å². The molecule has 0 unspecified atom stereocenters. The summed E-state index contributed by atoms with van der Waals surface area (Å²) in [5, 5.41) is 8.66. The zero-order valence-electron chi connectivity index (χ0n) is 10.1. The number of rotatable bonds is 6. The Kier molecular flexibility index (Phi) is 4.83. The van der Waals surface area contributed by atoms with Gasteiger partial charge in [-0.25, -0.2) is 8.78 Å². The molecule has 0 aliphatic heterocycles. The SMILES string of the molecule is C=C(C)CN(CCC(=O)O)c1ccc(F)c(F)c1. The number of carboxylic acids is 1. The van der Waals surface area contributed by atoms with E-state index in [2.05, 4.69) is 6.58 Å². The summed E-state index contributed by atoms with van der Waals surface area (Å²) >= 11 is 0. The van der Waals surface area contributed by atoms with Crippen molar-refractivity contribution >= 4 is 11.7 Å². The Morgan fingerprint density at radius 3 is 2.56 bits per heavy atom. The summed E-state index contributed by atoms with van der Waals surface area (Å²) in [6, 6.07) is 3.50. The first-order valence-electron chi connectivity index (χ1n) is 5.46. The minimum absolute atomic E-state index is 0.0771. The number of nitrogens with zero attached hydrogens (tertiary/aromatic N) is 1. The number of hydrogen-bond acceptors (Lipinski definition) is 2. The van der Waals surface area contributed by atoms with E-state index >= 15 is 0 Å². The summed E-state index contributed by atoms with van der Waals surface area (Å²) in [5.74, 6) is -2.81. The van der Waals surface area contributed by atoms with Crippen LogP contribution in [0.5, 0.6) is 0 Å². The molecule has 5 heteroatoms. The highest BCUT2D eigenvalue weighted by Gasteiger charge is 2.11. The molecule has 0 heterocycles. The van der Waals surface area contributed by atoms with Crippen molar-refractivity contribution in [3.05, 3.63) is 42.0 Å². The first-order chi connectivity index (χ1) is 8.40. The van der Waals surface area contributed by atoms with Crippen LogP contribution in [0, 0.1) is 11.6 Å². The second-order valence-corrected chi connectivity index (χ2v) is 4.12. The second kappa shape index (κ2) is 6.14. The summed E-state index contributed by atoms with van der Waals surface area (Å²) in [4.78, 5) is 12.2. The molecule has 1 aromatic carbocycles. The summed E-state index contributed by atoms with van der Waals surface area (Å²) in [5.41, 5.74) is 1.25. The first kappa shape index (κ1) is 14.2. The van der Waals surface area contributed by atoms with E-state index in [0.29, 0.717) is 12.2 Å². The summed E-state index contributed by atoms with van der Waals surface area (Å²) < 4.78 is 26.0. The molecule has 0 saturated heterocycles. The molecule has 0 aliphatic carbocycles. The Morgan fingerprint density at radius 2 is 2.06 bits per heavy atom. The Hall–Kier alpha value is -1.91. The normalized spacial score (nSPS) is 10.2. The molecule has 0 radical (unpaired) electrons. The molecule has 1 rings (SSSR count). The molecule has 0 spiro atoms. The third kappa shape index (κ3) is 4.16. The minimum Gasteiger partial charge on any atom is -0.481 e. The third-order valence-corrected chi connectivity index (χ3v) is 2.32. The molecule has 0 atom stereocenters. The highest BCUT2D eigenvalue weighted by Crippen LogP contribution is 2.19. The molecule has 0 fully saturated rings. The molecule has 3 nitrogen and oxygen atoms in total. The molecule has 0 bridgehead atoms. The number of carbonyl (C=O) groups is 1. The van der Waals surface area contributed by atoms with Gasteiger partial charge in [-0.3, -0.25) is 4.79 Å². The topological polar surface area (TPSA) is 40.5 Å². The van der Waals surface area contributed by atoms with E-state index in [0.717, 1.165) is 17.7 Å². The van der Waals surface area contributed by atoms with E-state index in [9.17, 15) is 13.6 Å². The van der Waals surface area contributed by atoms with Gasteiger partial charge in [0.2, 0.25) is 0 Å². The fraction of sp³-hybridized carbons (Fsp3) is 0.308. The average molecular weight is 255 g/mol. The molecule has 1 aromatic rings. The fourth-order valence-electron chi connectivity index (χ4n) is 1.54. The Labute approximate surface area is 104 Å². The molecule has 0 saturated carbocycles. The van der Waals surface area contributed by atoms with Gasteiger partial charge in [-0.2, -0.15) is 0 Å². The Bertz CT molecular complexity index is 460. The van der Waals surface area contributed by atoms with E-state index in [1.807, 2.05) is 0 Å². The highest BCUT2D eigenvalue weighted by molar-refractivity contribution is 5.67. The van der Waals surface area contributed by atoms with E-state index in [1.165, 1.54) is 6.07 Å². The van der Waals surface area contributed by atoms with Crippen LogP contribution in [0.15, 0.2) is 30.4 Å². The van der Waals surface area contributed by atoms with Crippen LogP contribution < -0.4 is 4.90 Å². The van der Waals surface area contributed by atoms with Crippen molar-refractivity contribution in [2.75, 3.05) is 18.0 Å². The van der Waals surface area contributed by atoms with Crippen LogP contribution in [0.4, 0.5) is 14.5 Å². The van der Waals surface area contributed by atoms with E-state index in [4.69, 9.17) is 5.11 Å². The number of halogens is 2. The van der Waals surface area contributed by atoms with Crippen LogP contribution in [0.1, 0.15) is 13.3 Å². The van der Waals surface area contributed by atoms with Gasteiger partial charge in [0, 0.05) is 24.8 Å². The monoisotopic (exact) mass is 255 g/mol. The lowest BCUT2D eigenvalue weighted by Gasteiger charge is -2.24. The van der Waals surface area contributed by atoms with Crippen molar-refractivity contribution in [2.45, 2.75) is 13.3 Å². The number of anilines is 1. The highest BCUT2D eigenvalue weighted by atomic mass is 19.2. The minimum atomic E-state index is -0.949.